The maximum absolute atomic E-state index is 11.9. The molecule has 0 fully saturated rings. The fraction of sp³-hybridized carbons (Fsp3) is 0.533. The average molecular weight is 261 g/mol. The van der Waals surface area contributed by atoms with Crippen molar-refractivity contribution in [1.29, 1.82) is 0 Å². The summed E-state index contributed by atoms with van der Waals surface area (Å²) in [5.74, 6) is 0.447. The van der Waals surface area contributed by atoms with E-state index >= 15 is 0 Å². The second kappa shape index (κ2) is 5.21. The van der Waals surface area contributed by atoms with E-state index in [0.717, 1.165) is 29.4 Å². The van der Waals surface area contributed by atoms with Gasteiger partial charge in [-0.15, -0.1) is 0 Å². The van der Waals surface area contributed by atoms with Crippen LogP contribution in [0.4, 0.5) is 0 Å². The number of fused-ring (bicyclic) bond motifs is 1. The molecule has 2 rings (SSSR count). The van der Waals surface area contributed by atoms with Crippen LogP contribution in [0.5, 0.6) is 0 Å². The third-order valence-corrected chi connectivity index (χ3v) is 4.04. The van der Waals surface area contributed by atoms with E-state index in [4.69, 9.17) is 5.73 Å². The summed E-state index contributed by atoms with van der Waals surface area (Å²) < 4.78 is 3.34. The van der Waals surface area contributed by atoms with Crippen molar-refractivity contribution in [2.45, 2.75) is 32.7 Å². The fourth-order valence-electron chi connectivity index (χ4n) is 2.69. The molecule has 1 heterocycles. The molecule has 1 aromatic carbocycles. The quantitative estimate of drug-likeness (QED) is 0.918. The maximum Gasteiger partial charge on any atom is 0.328 e. The monoisotopic (exact) mass is 261 g/mol. The van der Waals surface area contributed by atoms with E-state index in [9.17, 15) is 4.79 Å². The summed E-state index contributed by atoms with van der Waals surface area (Å²) >= 11 is 0. The Morgan fingerprint density at radius 2 is 1.84 bits per heavy atom. The van der Waals surface area contributed by atoms with Crippen LogP contribution in [0.1, 0.15) is 38.3 Å². The number of benzene rings is 1. The number of hydrogen-bond donors (Lipinski definition) is 1. The molecule has 0 spiro atoms. The fourth-order valence-corrected chi connectivity index (χ4v) is 2.69. The van der Waals surface area contributed by atoms with E-state index in [1.807, 2.05) is 18.2 Å². The number of nitrogens with two attached hydrogens (primary N) is 1. The topological polar surface area (TPSA) is 52.9 Å². The number of aryl methyl sites for hydroxylation is 2. The van der Waals surface area contributed by atoms with Gasteiger partial charge >= 0.3 is 5.69 Å². The lowest BCUT2D eigenvalue weighted by molar-refractivity contribution is 0.434. The smallest absolute Gasteiger partial charge is 0.324 e. The van der Waals surface area contributed by atoms with Crippen molar-refractivity contribution in [3.8, 4) is 0 Å². The molecular formula is C15H23N3O. The van der Waals surface area contributed by atoms with Crippen LogP contribution in [0.25, 0.3) is 11.0 Å². The lowest BCUT2D eigenvalue weighted by Crippen LogP contribution is -2.19. The van der Waals surface area contributed by atoms with Crippen LogP contribution in [0, 0.1) is 5.92 Å². The number of hydrogen-bond acceptors (Lipinski definition) is 2. The van der Waals surface area contributed by atoms with E-state index in [0.29, 0.717) is 5.92 Å². The first-order valence-corrected chi connectivity index (χ1v) is 6.88. The normalized spacial score (nSPS) is 14.8. The van der Waals surface area contributed by atoms with Gasteiger partial charge in [-0.1, -0.05) is 26.3 Å². The molecule has 0 bridgehead atoms. The summed E-state index contributed by atoms with van der Waals surface area (Å²) in [6, 6.07) is 6.11. The van der Waals surface area contributed by atoms with Gasteiger partial charge in [-0.25, -0.2) is 4.79 Å². The van der Waals surface area contributed by atoms with Crippen molar-refractivity contribution in [2.24, 2.45) is 25.7 Å². The Balaban J connectivity index is 2.47. The first kappa shape index (κ1) is 13.9. The van der Waals surface area contributed by atoms with Crippen LogP contribution in [0.2, 0.25) is 0 Å². The molecule has 4 nitrogen and oxygen atoms in total. The van der Waals surface area contributed by atoms with Crippen molar-refractivity contribution < 1.29 is 0 Å². The highest BCUT2D eigenvalue weighted by Gasteiger charge is 2.16. The molecule has 2 aromatic rings. The Labute approximate surface area is 113 Å². The van der Waals surface area contributed by atoms with Crippen molar-refractivity contribution >= 4 is 11.0 Å². The van der Waals surface area contributed by atoms with Crippen molar-refractivity contribution in [3.05, 3.63) is 34.2 Å². The molecule has 2 atom stereocenters. The lowest BCUT2D eigenvalue weighted by atomic mass is 9.91. The molecule has 0 aliphatic rings. The summed E-state index contributed by atoms with van der Waals surface area (Å²) in [6.07, 6.45) is 2.26. The van der Waals surface area contributed by atoms with Gasteiger partial charge in [0.15, 0.2) is 0 Å². The Bertz CT molecular complexity index is 639. The first-order valence-electron chi connectivity index (χ1n) is 6.88. The van der Waals surface area contributed by atoms with Crippen molar-refractivity contribution in [2.75, 3.05) is 0 Å². The zero-order chi connectivity index (χ0) is 14.2. The van der Waals surface area contributed by atoms with E-state index in [2.05, 4.69) is 13.8 Å². The van der Waals surface area contributed by atoms with Gasteiger partial charge in [-0.2, -0.15) is 0 Å². The third kappa shape index (κ3) is 2.32. The minimum Gasteiger partial charge on any atom is -0.324 e. The highest BCUT2D eigenvalue weighted by atomic mass is 16.1. The summed E-state index contributed by atoms with van der Waals surface area (Å²) in [6.45, 7) is 4.36. The maximum atomic E-state index is 11.9. The van der Waals surface area contributed by atoms with Gasteiger partial charge in [0.05, 0.1) is 11.0 Å². The van der Waals surface area contributed by atoms with E-state index < -0.39 is 0 Å². The predicted octanol–water partition coefficient (Wildman–Crippen LogP) is 2.31. The van der Waals surface area contributed by atoms with Crippen LogP contribution >= 0.6 is 0 Å². The van der Waals surface area contributed by atoms with Gasteiger partial charge in [0.1, 0.15) is 0 Å². The van der Waals surface area contributed by atoms with Crippen LogP contribution in [-0.4, -0.2) is 9.13 Å². The summed E-state index contributed by atoms with van der Waals surface area (Å²) in [5, 5.41) is 0. The largest absolute Gasteiger partial charge is 0.328 e. The van der Waals surface area contributed by atoms with Crippen molar-refractivity contribution in [3.63, 3.8) is 0 Å². The van der Waals surface area contributed by atoms with E-state index in [1.54, 1.807) is 23.2 Å². The molecule has 1 aromatic heterocycles. The van der Waals surface area contributed by atoms with Gasteiger partial charge in [-0.3, -0.25) is 9.13 Å². The molecule has 104 valence electrons. The average Bonchev–Trinajstić information content (AvgIpc) is 2.63. The summed E-state index contributed by atoms with van der Waals surface area (Å²) in [7, 11) is 3.60. The molecule has 19 heavy (non-hydrogen) atoms. The summed E-state index contributed by atoms with van der Waals surface area (Å²) in [4.78, 5) is 11.9. The molecular weight excluding hydrogens is 238 g/mol. The second-order valence-corrected chi connectivity index (χ2v) is 5.44. The Kier molecular flexibility index (Phi) is 3.80. The highest BCUT2D eigenvalue weighted by molar-refractivity contribution is 5.77. The van der Waals surface area contributed by atoms with Crippen LogP contribution in [-0.2, 0) is 14.1 Å². The number of aromatic nitrogens is 2. The van der Waals surface area contributed by atoms with E-state index in [1.165, 1.54) is 0 Å². The van der Waals surface area contributed by atoms with E-state index in [-0.39, 0.29) is 11.7 Å². The molecule has 0 amide bonds. The highest BCUT2D eigenvalue weighted by Crippen LogP contribution is 2.25. The number of nitrogens with zero attached hydrogens (tertiary/aromatic N) is 2. The molecule has 4 heteroatoms. The predicted molar refractivity (Wildman–Crippen MR) is 79.2 cm³/mol. The van der Waals surface area contributed by atoms with Gasteiger partial charge in [0.25, 0.3) is 0 Å². The van der Waals surface area contributed by atoms with Gasteiger partial charge in [0, 0.05) is 20.1 Å². The van der Waals surface area contributed by atoms with Gasteiger partial charge in [-0.05, 0) is 30.0 Å². The summed E-state index contributed by atoms with van der Waals surface area (Å²) in [5.41, 5.74) is 9.32. The zero-order valence-corrected chi connectivity index (χ0v) is 12.2. The number of imidazole rings is 1. The molecule has 0 radical (unpaired) electrons. The second-order valence-electron chi connectivity index (χ2n) is 5.44. The van der Waals surface area contributed by atoms with Gasteiger partial charge in [0.2, 0.25) is 0 Å². The minimum atomic E-state index is 0.00216. The molecule has 0 aliphatic heterocycles. The van der Waals surface area contributed by atoms with Crippen LogP contribution in [0.3, 0.4) is 0 Å². The Morgan fingerprint density at radius 3 is 2.47 bits per heavy atom. The lowest BCUT2D eigenvalue weighted by Gasteiger charge is -2.19. The van der Waals surface area contributed by atoms with Crippen molar-refractivity contribution in [1.82, 2.24) is 9.13 Å². The molecule has 2 unspecified atom stereocenters. The van der Waals surface area contributed by atoms with Crippen LogP contribution < -0.4 is 11.4 Å². The Hall–Kier alpha value is -1.55. The molecule has 0 saturated heterocycles. The first-order chi connectivity index (χ1) is 8.97. The van der Waals surface area contributed by atoms with Crippen LogP contribution in [0.15, 0.2) is 23.0 Å². The molecule has 2 N–H and O–H groups in total. The zero-order valence-electron chi connectivity index (χ0n) is 12.2. The minimum absolute atomic E-state index is 0.00216. The Morgan fingerprint density at radius 1 is 1.21 bits per heavy atom. The molecule has 0 aliphatic carbocycles. The SMILES string of the molecule is CCCC(C)C(N)c1ccc2c(c1)n(C)c(=O)n2C. The van der Waals surface area contributed by atoms with Gasteiger partial charge < -0.3 is 5.73 Å². The number of rotatable bonds is 4. The molecule has 0 saturated carbocycles. The third-order valence-electron chi connectivity index (χ3n) is 4.04. The standard InChI is InChI=1S/C15H23N3O/c1-5-6-10(2)14(16)11-7-8-12-13(9-11)18(4)15(19)17(12)3/h7-10,14H,5-6,16H2,1-4H3.